The minimum Gasteiger partial charge on any atom is -0.494 e. The summed E-state index contributed by atoms with van der Waals surface area (Å²) in [5.41, 5.74) is 0. The van der Waals surface area contributed by atoms with Crippen molar-refractivity contribution in [2.45, 2.75) is 31.7 Å². The van der Waals surface area contributed by atoms with Crippen LogP contribution < -0.4 is 10.1 Å². The van der Waals surface area contributed by atoms with E-state index in [4.69, 9.17) is 4.74 Å². The van der Waals surface area contributed by atoms with Gasteiger partial charge in [0.25, 0.3) is 0 Å². The summed E-state index contributed by atoms with van der Waals surface area (Å²) < 4.78 is 6.73. The fraction of sp³-hybridized carbons (Fsp3) is 0.538. The van der Waals surface area contributed by atoms with Crippen molar-refractivity contribution >= 4 is 15.9 Å². The van der Waals surface area contributed by atoms with E-state index >= 15 is 0 Å². The second kappa shape index (κ2) is 6.26. The van der Waals surface area contributed by atoms with Crippen molar-refractivity contribution in [3.8, 4) is 5.75 Å². The van der Waals surface area contributed by atoms with Gasteiger partial charge in [-0.3, -0.25) is 0 Å². The SMILES string of the molecule is Brc1ccc(OCCCCNC2CC2)cc1. The van der Waals surface area contributed by atoms with E-state index in [9.17, 15) is 0 Å². The van der Waals surface area contributed by atoms with Gasteiger partial charge in [0.1, 0.15) is 5.75 Å². The van der Waals surface area contributed by atoms with Gasteiger partial charge < -0.3 is 10.1 Å². The fourth-order valence-corrected chi connectivity index (χ4v) is 1.81. The molecule has 16 heavy (non-hydrogen) atoms. The van der Waals surface area contributed by atoms with Gasteiger partial charge in [0.2, 0.25) is 0 Å². The number of nitrogens with one attached hydrogen (secondary N) is 1. The molecular weight excluding hydrogens is 266 g/mol. The molecule has 0 amide bonds. The van der Waals surface area contributed by atoms with Crippen LogP contribution >= 0.6 is 15.9 Å². The lowest BCUT2D eigenvalue weighted by atomic mass is 10.3. The van der Waals surface area contributed by atoms with Crippen LogP contribution in [0.25, 0.3) is 0 Å². The third-order valence-electron chi connectivity index (χ3n) is 2.66. The van der Waals surface area contributed by atoms with Crippen LogP contribution in [0.1, 0.15) is 25.7 Å². The molecule has 0 aliphatic heterocycles. The number of benzene rings is 1. The highest BCUT2D eigenvalue weighted by molar-refractivity contribution is 9.10. The molecule has 1 aromatic carbocycles. The summed E-state index contributed by atoms with van der Waals surface area (Å²) in [6.07, 6.45) is 5.06. The lowest BCUT2D eigenvalue weighted by Crippen LogP contribution is -2.17. The molecule has 2 nitrogen and oxygen atoms in total. The van der Waals surface area contributed by atoms with Gasteiger partial charge in [0.05, 0.1) is 6.61 Å². The molecule has 1 N–H and O–H groups in total. The lowest BCUT2D eigenvalue weighted by Gasteiger charge is -2.06. The molecule has 88 valence electrons. The Morgan fingerprint density at radius 1 is 1.19 bits per heavy atom. The molecule has 1 aromatic rings. The average Bonchev–Trinajstić information content (AvgIpc) is 3.10. The number of rotatable bonds is 7. The maximum absolute atomic E-state index is 5.64. The van der Waals surface area contributed by atoms with E-state index in [1.807, 2.05) is 24.3 Å². The molecule has 0 unspecified atom stereocenters. The molecule has 0 bridgehead atoms. The predicted octanol–water partition coefficient (Wildman–Crippen LogP) is 3.36. The molecule has 1 saturated carbocycles. The van der Waals surface area contributed by atoms with Crippen molar-refractivity contribution in [3.05, 3.63) is 28.7 Å². The highest BCUT2D eigenvalue weighted by atomic mass is 79.9. The molecular formula is C13H18BrNO. The number of hydrogen-bond donors (Lipinski definition) is 1. The van der Waals surface area contributed by atoms with E-state index in [1.165, 1.54) is 19.3 Å². The Morgan fingerprint density at radius 3 is 2.62 bits per heavy atom. The van der Waals surface area contributed by atoms with Gasteiger partial charge in [-0.15, -0.1) is 0 Å². The molecule has 0 spiro atoms. The van der Waals surface area contributed by atoms with Crippen LogP contribution in [-0.4, -0.2) is 19.2 Å². The van der Waals surface area contributed by atoms with E-state index < -0.39 is 0 Å². The van der Waals surface area contributed by atoms with Gasteiger partial charge in [0.15, 0.2) is 0 Å². The van der Waals surface area contributed by atoms with Crippen LogP contribution in [0.5, 0.6) is 5.75 Å². The Labute approximate surface area is 106 Å². The van der Waals surface area contributed by atoms with Crippen molar-refractivity contribution in [2.75, 3.05) is 13.2 Å². The highest BCUT2D eigenvalue weighted by Crippen LogP contribution is 2.18. The van der Waals surface area contributed by atoms with E-state index in [1.54, 1.807) is 0 Å². The van der Waals surface area contributed by atoms with E-state index in [-0.39, 0.29) is 0 Å². The summed E-state index contributed by atoms with van der Waals surface area (Å²) in [5, 5.41) is 3.50. The fourth-order valence-electron chi connectivity index (χ4n) is 1.54. The Balaban J connectivity index is 1.51. The maximum atomic E-state index is 5.64. The van der Waals surface area contributed by atoms with Crippen LogP contribution in [-0.2, 0) is 0 Å². The minimum absolute atomic E-state index is 0.813. The first kappa shape index (κ1) is 11.9. The zero-order chi connectivity index (χ0) is 11.2. The van der Waals surface area contributed by atoms with Gasteiger partial charge in [-0.1, -0.05) is 15.9 Å². The molecule has 0 heterocycles. The van der Waals surface area contributed by atoms with Gasteiger partial charge >= 0.3 is 0 Å². The first-order chi connectivity index (χ1) is 7.84. The largest absolute Gasteiger partial charge is 0.494 e. The molecule has 1 aliphatic carbocycles. The van der Waals surface area contributed by atoms with Crippen molar-refractivity contribution in [2.24, 2.45) is 0 Å². The smallest absolute Gasteiger partial charge is 0.119 e. The molecule has 0 atom stereocenters. The monoisotopic (exact) mass is 283 g/mol. The Bertz CT molecular complexity index is 308. The molecule has 1 fully saturated rings. The van der Waals surface area contributed by atoms with Crippen LogP contribution in [0.2, 0.25) is 0 Å². The quantitative estimate of drug-likeness (QED) is 0.775. The van der Waals surface area contributed by atoms with Crippen LogP contribution in [0.15, 0.2) is 28.7 Å². The van der Waals surface area contributed by atoms with Crippen molar-refractivity contribution in [1.29, 1.82) is 0 Å². The number of ether oxygens (including phenoxy) is 1. The molecule has 0 radical (unpaired) electrons. The third kappa shape index (κ3) is 4.54. The summed E-state index contributed by atoms with van der Waals surface area (Å²) in [7, 11) is 0. The first-order valence-electron chi connectivity index (χ1n) is 5.96. The zero-order valence-electron chi connectivity index (χ0n) is 9.42. The second-order valence-electron chi connectivity index (χ2n) is 4.24. The lowest BCUT2D eigenvalue weighted by molar-refractivity contribution is 0.305. The van der Waals surface area contributed by atoms with Crippen molar-refractivity contribution in [1.82, 2.24) is 5.32 Å². The number of hydrogen-bond acceptors (Lipinski definition) is 2. The standard InChI is InChI=1S/C13H18BrNO/c14-11-3-7-13(8-4-11)16-10-2-1-9-15-12-5-6-12/h3-4,7-8,12,15H,1-2,5-6,9-10H2. The van der Waals surface area contributed by atoms with Gasteiger partial charge in [0, 0.05) is 10.5 Å². The van der Waals surface area contributed by atoms with Crippen LogP contribution in [0.4, 0.5) is 0 Å². The maximum Gasteiger partial charge on any atom is 0.119 e. The molecule has 2 rings (SSSR count). The molecule has 0 aromatic heterocycles. The molecule has 3 heteroatoms. The van der Waals surface area contributed by atoms with Gasteiger partial charge in [-0.2, -0.15) is 0 Å². The topological polar surface area (TPSA) is 21.3 Å². The van der Waals surface area contributed by atoms with Gasteiger partial charge in [-0.05, 0) is 56.5 Å². The Kier molecular flexibility index (Phi) is 4.67. The Hall–Kier alpha value is -0.540. The highest BCUT2D eigenvalue weighted by Gasteiger charge is 2.19. The van der Waals surface area contributed by atoms with Crippen molar-refractivity contribution in [3.63, 3.8) is 0 Å². The summed E-state index contributed by atoms with van der Waals surface area (Å²) >= 11 is 3.40. The number of halogens is 1. The van der Waals surface area contributed by atoms with E-state index in [0.29, 0.717) is 0 Å². The minimum atomic E-state index is 0.813. The van der Waals surface area contributed by atoms with E-state index in [2.05, 4.69) is 21.2 Å². The predicted molar refractivity (Wildman–Crippen MR) is 69.9 cm³/mol. The normalized spacial score (nSPS) is 15.1. The first-order valence-corrected chi connectivity index (χ1v) is 6.75. The van der Waals surface area contributed by atoms with Crippen LogP contribution in [0.3, 0.4) is 0 Å². The molecule has 1 aliphatic rings. The summed E-state index contributed by atoms with van der Waals surface area (Å²) in [6, 6.07) is 8.82. The number of unbranched alkanes of at least 4 members (excludes halogenated alkanes) is 1. The Morgan fingerprint density at radius 2 is 1.94 bits per heavy atom. The molecule has 0 saturated heterocycles. The third-order valence-corrected chi connectivity index (χ3v) is 3.19. The van der Waals surface area contributed by atoms with E-state index in [0.717, 1.165) is 35.8 Å². The summed E-state index contributed by atoms with van der Waals surface area (Å²) in [5.74, 6) is 0.957. The zero-order valence-corrected chi connectivity index (χ0v) is 11.0. The summed E-state index contributed by atoms with van der Waals surface area (Å²) in [6.45, 7) is 1.95. The van der Waals surface area contributed by atoms with Crippen molar-refractivity contribution < 1.29 is 4.74 Å². The van der Waals surface area contributed by atoms with Crippen LogP contribution in [0, 0.1) is 0 Å². The summed E-state index contributed by atoms with van der Waals surface area (Å²) in [4.78, 5) is 0. The average molecular weight is 284 g/mol. The second-order valence-corrected chi connectivity index (χ2v) is 5.15. The van der Waals surface area contributed by atoms with Gasteiger partial charge in [-0.25, -0.2) is 0 Å².